The van der Waals surface area contributed by atoms with Crippen LogP contribution in [0.2, 0.25) is 18.1 Å². The lowest BCUT2D eigenvalue weighted by molar-refractivity contribution is 1.20. The predicted molar refractivity (Wildman–Crippen MR) is 83.9 cm³/mol. The van der Waals surface area contributed by atoms with Crippen LogP contribution in [0.5, 0.6) is 0 Å². The van der Waals surface area contributed by atoms with Crippen LogP contribution in [0.4, 0.5) is 5.69 Å². The number of hydrogen-bond acceptors (Lipinski definition) is 1. The van der Waals surface area contributed by atoms with Gasteiger partial charge < -0.3 is 0 Å². The molecule has 0 saturated carbocycles. The molecule has 0 aliphatic heterocycles. The Kier molecular flexibility index (Phi) is 6.21. The van der Waals surface area contributed by atoms with Gasteiger partial charge in [0, 0.05) is 17.0 Å². The number of benzene rings is 1. The van der Waals surface area contributed by atoms with Crippen molar-refractivity contribution in [1.82, 2.24) is 0 Å². The van der Waals surface area contributed by atoms with Crippen molar-refractivity contribution in [2.45, 2.75) is 45.3 Å². The van der Waals surface area contributed by atoms with E-state index in [4.69, 9.17) is 5.53 Å². The normalized spacial score (nSPS) is 10.3. The molecule has 100 valence electrons. The van der Waals surface area contributed by atoms with E-state index >= 15 is 0 Å². The van der Waals surface area contributed by atoms with E-state index in [0.29, 0.717) is 12.1 Å². The molecule has 3 nitrogen and oxygen atoms in total. The Bertz CT molecular complexity index is 509. The molecule has 0 amide bonds. The number of nitrogens with zero attached hydrogens (tertiary/aromatic N) is 3. The molecule has 0 aliphatic carbocycles. The zero-order valence-corrected chi connectivity index (χ0v) is 13.0. The van der Waals surface area contributed by atoms with Gasteiger partial charge in [-0.3, -0.25) is 0 Å². The monoisotopic (exact) mass is 271 g/mol. The first kappa shape index (κ1) is 15.4. The fourth-order valence-electron chi connectivity index (χ4n) is 2.15. The van der Waals surface area contributed by atoms with Crippen molar-refractivity contribution in [2.75, 3.05) is 0 Å². The van der Waals surface area contributed by atoms with Crippen LogP contribution in [-0.2, 0) is 6.42 Å². The summed E-state index contributed by atoms with van der Waals surface area (Å²) in [4.78, 5) is 2.86. The highest BCUT2D eigenvalue weighted by molar-refractivity contribution is 6.87. The van der Waals surface area contributed by atoms with Crippen molar-refractivity contribution < 1.29 is 0 Å². The van der Waals surface area contributed by atoms with Crippen LogP contribution in [0.3, 0.4) is 0 Å². The Labute approximate surface area is 116 Å². The Balaban J connectivity index is 2.91. The molecule has 0 saturated heterocycles. The summed E-state index contributed by atoms with van der Waals surface area (Å²) in [5, 5.41) is 3.71. The number of azide groups is 1. The molecule has 0 spiro atoms. The van der Waals surface area contributed by atoms with E-state index in [1.165, 1.54) is 18.1 Å². The Morgan fingerprint density at radius 1 is 1.16 bits per heavy atom. The van der Waals surface area contributed by atoms with Crippen LogP contribution in [0, 0.1) is 11.5 Å². The Morgan fingerprint density at radius 2 is 1.79 bits per heavy atom. The molecule has 0 heterocycles. The van der Waals surface area contributed by atoms with Crippen LogP contribution >= 0.6 is 0 Å². The smallest absolute Gasteiger partial charge is 0.131 e. The molecular weight excluding hydrogens is 250 g/mol. The maximum Gasteiger partial charge on any atom is 0.137 e. The third kappa shape index (κ3) is 4.17. The molecule has 0 radical (unpaired) electrons. The first-order valence-corrected chi connectivity index (χ1v) is 9.46. The van der Waals surface area contributed by atoms with Crippen LogP contribution in [0.25, 0.3) is 10.4 Å². The van der Waals surface area contributed by atoms with E-state index in [-0.39, 0.29) is 0 Å². The number of rotatable bonds is 5. The molecule has 0 aliphatic rings. The first-order valence-electron chi connectivity index (χ1n) is 6.84. The third-order valence-electron chi connectivity index (χ3n) is 3.81. The highest BCUT2D eigenvalue weighted by Gasteiger charge is 2.23. The molecule has 1 rings (SSSR count). The largest absolute Gasteiger partial charge is 0.137 e. The van der Waals surface area contributed by atoms with E-state index in [1.54, 1.807) is 0 Å². The van der Waals surface area contributed by atoms with Crippen molar-refractivity contribution in [3.05, 3.63) is 40.3 Å². The molecule has 0 aromatic heterocycles. The van der Waals surface area contributed by atoms with Crippen molar-refractivity contribution in [2.24, 2.45) is 5.11 Å². The fourth-order valence-corrected chi connectivity index (χ4v) is 4.64. The van der Waals surface area contributed by atoms with E-state index in [1.807, 2.05) is 24.3 Å². The lowest BCUT2D eigenvalue weighted by atomic mass is 10.1. The van der Waals surface area contributed by atoms with Gasteiger partial charge in [-0.25, -0.2) is 0 Å². The molecule has 1 aromatic rings. The molecule has 4 heteroatoms. The van der Waals surface area contributed by atoms with Gasteiger partial charge in [-0.2, -0.15) is 0 Å². The molecule has 1 aromatic carbocycles. The van der Waals surface area contributed by atoms with Gasteiger partial charge in [0.1, 0.15) is 8.07 Å². The zero-order valence-electron chi connectivity index (χ0n) is 12.0. The summed E-state index contributed by atoms with van der Waals surface area (Å²) in [6.07, 6.45) is 0.671. The number of hydrogen-bond donors (Lipinski definition) is 0. The van der Waals surface area contributed by atoms with Crippen molar-refractivity contribution in [3.8, 4) is 11.5 Å². The minimum absolute atomic E-state index is 0.671. The van der Waals surface area contributed by atoms with Gasteiger partial charge >= 0.3 is 0 Å². The fraction of sp³-hybridized carbons (Fsp3) is 0.467. The average molecular weight is 271 g/mol. The first-order chi connectivity index (χ1) is 9.21. The van der Waals surface area contributed by atoms with E-state index in [9.17, 15) is 0 Å². The maximum atomic E-state index is 8.54. The van der Waals surface area contributed by atoms with Crippen LogP contribution in [0.15, 0.2) is 29.4 Å². The predicted octanol–water partition coefficient (Wildman–Crippen LogP) is 5.22. The topological polar surface area (TPSA) is 48.8 Å². The summed E-state index contributed by atoms with van der Waals surface area (Å²) >= 11 is 0. The second-order valence-corrected chi connectivity index (χ2v) is 9.57. The lowest BCUT2D eigenvalue weighted by Gasteiger charge is -2.20. The molecular formula is C15H21N3Si. The maximum absolute atomic E-state index is 8.54. The molecule has 0 atom stereocenters. The summed E-state index contributed by atoms with van der Waals surface area (Å²) < 4.78 is 0. The van der Waals surface area contributed by atoms with Gasteiger partial charge in [0.2, 0.25) is 0 Å². The molecule has 0 unspecified atom stereocenters. The highest BCUT2D eigenvalue weighted by Crippen LogP contribution is 2.21. The quantitative estimate of drug-likeness (QED) is 0.232. The van der Waals surface area contributed by atoms with E-state index < -0.39 is 8.07 Å². The minimum atomic E-state index is -1.37. The molecule has 0 fully saturated rings. The zero-order chi connectivity index (χ0) is 14.1. The standard InChI is InChI=1S/C15H21N3Si/c1-4-19(5-2,6-3)13-9-11-14-10-7-8-12-15(14)17-18-16/h7-8,10,12H,4-6,11H2,1-3H3. The summed E-state index contributed by atoms with van der Waals surface area (Å²) in [6, 6.07) is 11.3. The second kappa shape index (κ2) is 7.68. The summed E-state index contributed by atoms with van der Waals surface area (Å²) in [7, 11) is -1.37. The van der Waals surface area contributed by atoms with Gasteiger partial charge in [0.25, 0.3) is 0 Å². The third-order valence-corrected chi connectivity index (χ3v) is 8.57. The van der Waals surface area contributed by atoms with Gasteiger partial charge in [0.05, 0.1) is 0 Å². The Hall–Kier alpha value is -1.69. The van der Waals surface area contributed by atoms with Crippen LogP contribution in [0.1, 0.15) is 26.3 Å². The lowest BCUT2D eigenvalue weighted by Crippen LogP contribution is -2.29. The van der Waals surface area contributed by atoms with Crippen LogP contribution < -0.4 is 0 Å². The molecule has 0 bridgehead atoms. The Morgan fingerprint density at radius 3 is 2.37 bits per heavy atom. The summed E-state index contributed by atoms with van der Waals surface area (Å²) in [6.45, 7) is 6.76. The average Bonchev–Trinajstić information content (AvgIpc) is 2.46. The van der Waals surface area contributed by atoms with Crippen molar-refractivity contribution in [1.29, 1.82) is 0 Å². The van der Waals surface area contributed by atoms with Gasteiger partial charge in [-0.05, 0) is 29.2 Å². The van der Waals surface area contributed by atoms with Gasteiger partial charge in [-0.1, -0.05) is 50.2 Å². The SMILES string of the molecule is CC[Si](C#CCc1ccccc1N=[N+]=[N-])(CC)CC. The van der Waals surface area contributed by atoms with Crippen LogP contribution in [-0.4, -0.2) is 8.07 Å². The van der Waals surface area contributed by atoms with Gasteiger partial charge in [-0.15, -0.1) is 11.5 Å². The highest BCUT2D eigenvalue weighted by atomic mass is 28.3. The van der Waals surface area contributed by atoms with Gasteiger partial charge in [0.15, 0.2) is 0 Å². The van der Waals surface area contributed by atoms with E-state index in [2.05, 4.69) is 42.3 Å². The molecule has 19 heavy (non-hydrogen) atoms. The van der Waals surface area contributed by atoms with Crippen molar-refractivity contribution in [3.63, 3.8) is 0 Å². The minimum Gasteiger partial charge on any atom is -0.131 e. The summed E-state index contributed by atoms with van der Waals surface area (Å²) in [5.74, 6) is 3.32. The van der Waals surface area contributed by atoms with E-state index in [0.717, 1.165) is 5.56 Å². The van der Waals surface area contributed by atoms with Crippen molar-refractivity contribution >= 4 is 13.8 Å². The molecule has 0 N–H and O–H groups in total. The second-order valence-electron chi connectivity index (χ2n) is 4.64. The summed E-state index contributed by atoms with van der Waals surface area (Å²) in [5.41, 5.74) is 13.8.